The van der Waals surface area contributed by atoms with E-state index in [0.717, 1.165) is 11.3 Å². The summed E-state index contributed by atoms with van der Waals surface area (Å²) in [5.74, 6) is 1.72. The second-order valence-corrected chi connectivity index (χ2v) is 4.78. The van der Waals surface area contributed by atoms with Crippen LogP contribution in [0.1, 0.15) is 5.56 Å². The zero-order chi connectivity index (χ0) is 15.9. The van der Waals surface area contributed by atoms with E-state index < -0.39 is 5.97 Å². The molecule has 0 aromatic heterocycles. The van der Waals surface area contributed by atoms with E-state index in [1.807, 2.05) is 42.5 Å². The van der Waals surface area contributed by atoms with Gasteiger partial charge in [-0.1, -0.05) is 24.3 Å². The zero-order valence-corrected chi connectivity index (χ0v) is 12.4. The van der Waals surface area contributed by atoms with Crippen LogP contribution in [-0.2, 0) is 9.53 Å². The van der Waals surface area contributed by atoms with Gasteiger partial charge in [-0.3, -0.25) is 0 Å². The summed E-state index contributed by atoms with van der Waals surface area (Å²) in [5, 5.41) is 0. The van der Waals surface area contributed by atoms with Gasteiger partial charge in [0.2, 0.25) is 6.79 Å². The number of carbonyl (C=O) groups is 1. The van der Waals surface area contributed by atoms with Gasteiger partial charge in [-0.25, -0.2) is 4.79 Å². The Hall–Kier alpha value is -2.95. The molecule has 2 aromatic carbocycles. The van der Waals surface area contributed by atoms with Gasteiger partial charge in [-0.15, -0.1) is 0 Å². The summed E-state index contributed by atoms with van der Waals surface area (Å²) in [4.78, 5) is 11.6. The van der Waals surface area contributed by atoms with E-state index in [4.69, 9.17) is 18.9 Å². The first kappa shape index (κ1) is 15.0. The number of para-hydroxylation sites is 1. The molecule has 5 nitrogen and oxygen atoms in total. The van der Waals surface area contributed by atoms with Crippen molar-refractivity contribution in [3.63, 3.8) is 0 Å². The SMILES string of the molecule is O=C(/C=C/c1ccc2c(c1)OCO2)OCCOc1ccccc1. The molecule has 1 aliphatic heterocycles. The fourth-order valence-corrected chi connectivity index (χ4v) is 2.05. The molecule has 1 aliphatic rings. The van der Waals surface area contributed by atoms with Crippen LogP contribution in [0.3, 0.4) is 0 Å². The van der Waals surface area contributed by atoms with Gasteiger partial charge in [0.25, 0.3) is 0 Å². The maximum absolute atomic E-state index is 11.6. The Bertz CT molecular complexity index is 694. The minimum Gasteiger partial charge on any atom is -0.490 e. The number of ether oxygens (including phenoxy) is 4. The molecule has 1 heterocycles. The lowest BCUT2D eigenvalue weighted by atomic mass is 10.2. The molecule has 0 saturated heterocycles. The molecule has 0 amide bonds. The van der Waals surface area contributed by atoms with Crippen molar-refractivity contribution in [3.8, 4) is 17.2 Å². The maximum Gasteiger partial charge on any atom is 0.330 e. The van der Waals surface area contributed by atoms with Crippen LogP contribution in [0.2, 0.25) is 0 Å². The van der Waals surface area contributed by atoms with Crippen molar-refractivity contribution < 1.29 is 23.7 Å². The zero-order valence-electron chi connectivity index (χ0n) is 12.4. The summed E-state index contributed by atoms with van der Waals surface area (Å²) in [6.07, 6.45) is 3.04. The smallest absolute Gasteiger partial charge is 0.330 e. The highest BCUT2D eigenvalue weighted by molar-refractivity contribution is 5.87. The molecule has 5 heteroatoms. The van der Waals surface area contributed by atoms with Gasteiger partial charge in [0, 0.05) is 6.08 Å². The van der Waals surface area contributed by atoms with Crippen LogP contribution in [0.5, 0.6) is 17.2 Å². The normalized spacial score (nSPS) is 12.3. The van der Waals surface area contributed by atoms with Crippen LogP contribution < -0.4 is 14.2 Å². The largest absolute Gasteiger partial charge is 0.490 e. The third-order valence-electron chi connectivity index (χ3n) is 3.15. The number of hydrogen-bond acceptors (Lipinski definition) is 5. The molecule has 0 bridgehead atoms. The summed E-state index contributed by atoms with van der Waals surface area (Å²) in [5.41, 5.74) is 0.840. The molecule has 0 fully saturated rings. The average Bonchev–Trinajstić information content (AvgIpc) is 3.05. The minimum absolute atomic E-state index is 0.194. The number of rotatable bonds is 6. The molecule has 0 atom stereocenters. The average molecular weight is 312 g/mol. The molecule has 0 spiro atoms. The van der Waals surface area contributed by atoms with Crippen LogP contribution >= 0.6 is 0 Å². The van der Waals surface area contributed by atoms with Gasteiger partial charge in [-0.2, -0.15) is 0 Å². The van der Waals surface area contributed by atoms with E-state index in [9.17, 15) is 4.79 Å². The third-order valence-corrected chi connectivity index (χ3v) is 3.15. The molecular weight excluding hydrogens is 296 g/mol. The molecule has 0 unspecified atom stereocenters. The maximum atomic E-state index is 11.6. The van der Waals surface area contributed by atoms with Crippen molar-refractivity contribution in [2.75, 3.05) is 20.0 Å². The number of fused-ring (bicyclic) bond motifs is 1. The molecular formula is C18H16O5. The Morgan fingerprint density at radius 2 is 1.87 bits per heavy atom. The van der Waals surface area contributed by atoms with Crippen molar-refractivity contribution in [1.29, 1.82) is 0 Å². The molecule has 0 aliphatic carbocycles. The highest BCUT2D eigenvalue weighted by Crippen LogP contribution is 2.32. The Kier molecular flexibility index (Phi) is 4.79. The van der Waals surface area contributed by atoms with Gasteiger partial charge in [0.1, 0.15) is 19.0 Å². The number of benzene rings is 2. The van der Waals surface area contributed by atoms with E-state index in [-0.39, 0.29) is 13.4 Å². The van der Waals surface area contributed by atoms with Crippen LogP contribution in [0, 0.1) is 0 Å². The minimum atomic E-state index is -0.417. The van der Waals surface area contributed by atoms with Gasteiger partial charge in [-0.05, 0) is 35.9 Å². The molecule has 0 saturated carbocycles. The predicted octanol–water partition coefficient (Wildman–Crippen LogP) is 3.05. The lowest BCUT2D eigenvalue weighted by Crippen LogP contribution is -2.10. The molecule has 2 aromatic rings. The van der Waals surface area contributed by atoms with Crippen LogP contribution in [0.15, 0.2) is 54.6 Å². The van der Waals surface area contributed by atoms with Crippen molar-refractivity contribution in [3.05, 3.63) is 60.2 Å². The van der Waals surface area contributed by atoms with Crippen molar-refractivity contribution in [2.24, 2.45) is 0 Å². The fourth-order valence-electron chi connectivity index (χ4n) is 2.05. The molecule has 23 heavy (non-hydrogen) atoms. The summed E-state index contributed by atoms with van der Waals surface area (Å²) in [6, 6.07) is 14.8. The topological polar surface area (TPSA) is 54.0 Å². The number of esters is 1. The second kappa shape index (κ2) is 7.35. The van der Waals surface area contributed by atoms with Gasteiger partial charge in [0.15, 0.2) is 11.5 Å². The molecule has 118 valence electrons. The Morgan fingerprint density at radius 3 is 2.74 bits per heavy atom. The highest BCUT2D eigenvalue weighted by atomic mass is 16.7. The van der Waals surface area contributed by atoms with Crippen LogP contribution in [-0.4, -0.2) is 26.0 Å². The molecule has 3 rings (SSSR count). The van der Waals surface area contributed by atoms with Crippen molar-refractivity contribution in [2.45, 2.75) is 0 Å². The fraction of sp³-hybridized carbons (Fsp3) is 0.167. The Labute approximate surface area is 134 Å². The van der Waals surface area contributed by atoms with Crippen molar-refractivity contribution >= 4 is 12.0 Å². The Balaban J connectivity index is 1.42. The summed E-state index contributed by atoms with van der Waals surface area (Å²) >= 11 is 0. The third kappa shape index (κ3) is 4.26. The number of hydrogen-bond donors (Lipinski definition) is 0. The monoisotopic (exact) mass is 312 g/mol. The lowest BCUT2D eigenvalue weighted by molar-refractivity contribution is -0.138. The van der Waals surface area contributed by atoms with Gasteiger partial charge < -0.3 is 18.9 Å². The van der Waals surface area contributed by atoms with E-state index in [1.165, 1.54) is 6.08 Å². The van der Waals surface area contributed by atoms with Crippen LogP contribution in [0.25, 0.3) is 6.08 Å². The first-order valence-electron chi connectivity index (χ1n) is 7.23. The lowest BCUT2D eigenvalue weighted by Gasteiger charge is -2.05. The second-order valence-electron chi connectivity index (χ2n) is 4.78. The quantitative estimate of drug-likeness (QED) is 0.466. The van der Waals surface area contributed by atoms with Gasteiger partial charge >= 0.3 is 5.97 Å². The standard InChI is InChI=1S/C18H16O5/c19-18(21-11-10-20-15-4-2-1-3-5-15)9-7-14-6-8-16-17(12-14)23-13-22-16/h1-9,12H,10-11,13H2/b9-7+. The first-order chi connectivity index (χ1) is 11.3. The highest BCUT2D eigenvalue weighted by Gasteiger charge is 2.12. The summed E-state index contributed by atoms with van der Waals surface area (Å²) < 4.78 is 21.0. The summed E-state index contributed by atoms with van der Waals surface area (Å²) in [6.45, 7) is 0.735. The Morgan fingerprint density at radius 1 is 1.04 bits per heavy atom. The predicted molar refractivity (Wildman–Crippen MR) is 84.5 cm³/mol. The first-order valence-corrected chi connectivity index (χ1v) is 7.23. The van der Waals surface area contributed by atoms with Gasteiger partial charge in [0.05, 0.1) is 0 Å². The van der Waals surface area contributed by atoms with E-state index in [1.54, 1.807) is 12.1 Å². The van der Waals surface area contributed by atoms with E-state index in [0.29, 0.717) is 18.1 Å². The van der Waals surface area contributed by atoms with Crippen molar-refractivity contribution in [1.82, 2.24) is 0 Å². The van der Waals surface area contributed by atoms with Crippen LogP contribution in [0.4, 0.5) is 0 Å². The van der Waals surface area contributed by atoms with E-state index >= 15 is 0 Å². The molecule has 0 radical (unpaired) electrons. The van der Waals surface area contributed by atoms with E-state index in [2.05, 4.69) is 0 Å². The molecule has 0 N–H and O–H groups in total. The number of carbonyl (C=O) groups excluding carboxylic acids is 1. The summed E-state index contributed by atoms with van der Waals surface area (Å²) in [7, 11) is 0.